The first kappa shape index (κ1) is 16.9. The maximum Gasteiger partial charge on any atom is 0.274 e. The van der Waals surface area contributed by atoms with E-state index in [4.69, 9.17) is 28.4 Å². The van der Waals surface area contributed by atoms with E-state index in [9.17, 15) is 4.79 Å². The summed E-state index contributed by atoms with van der Waals surface area (Å²) < 4.78 is 0. The minimum atomic E-state index is -0.526. The average Bonchev–Trinajstić information content (AvgIpc) is 3.03. The number of benzene rings is 2. The number of anilines is 2. The molecule has 0 aromatic heterocycles. The molecule has 0 radical (unpaired) electrons. The maximum absolute atomic E-state index is 11.3. The summed E-state index contributed by atoms with van der Waals surface area (Å²) in [6.07, 6.45) is 0.959. The Morgan fingerprint density at radius 3 is 2.42 bits per heavy atom. The lowest BCUT2D eigenvalue weighted by atomic mass is 10.2. The van der Waals surface area contributed by atoms with E-state index in [0.29, 0.717) is 15.6 Å². The van der Waals surface area contributed by atoms with Gasteiger partial charge >= 0.3 is 0 Å². The second-order valence-electron chi connectivity index (χ2n) is 5.66. The quantitative estimate of drug-likeness (QED) is 0.569. The molecule has 0 spiro atoms. The van der Waals surface area contributed by atoms with Crippen molar-refractivity contribution in [1.82, 2.24) is 5.48 Å². The van der Waals surface area contributed by atoms with Crippen LogP contribution < -0.4 is 15.7 Å². The van der Waals surface area contributed by atoms with Gasteiger partial charge < -0.3 is 10.2 Å². The van der Waals surface area contributed by atoms with Gasteiger partial charge in [-0.3, -0.25) is 10.0 Å². The molecular weight excluding hydrogens is 349 g/mol. The highest BCUT2D eigenvalue weighted by Crippen LogP contribution is 2.35. The van der Waals surface area contributed by atoms with Gasteiger partial charge in [-0.2, -0.15) is 0 Å². The minimum absolute atomic E-state index is 0.259. The molecule has 126 valence electrons. The first-order valence-electron chi connectivity index (χ1n) is 7.58. The smallest absolute Gasteiger partial charge is 0.274 e. The third kappa shape index (κ3) is 3.59. The number of halogens is 2. The van der Waals surface area contributed by atoms with Crippen molar-refractivity contribution in [3.8, 4) is 0 Å². The molecule has 24 heavy (non-hydrogen) atoms. The second kappa shape index (κ2) is 7.30. The summed E-state index contributed by atoms with van der Waals surface area (Å²) in [7, 11) is 0. The number of rotatable bonds is 4. The van der Waals surface area contributed by atoms with E-state index < -0.39 is 5.91 Å². The van der Waals surface area contributed by atoms with Gasteiger partial charge in [0, 0.05) is 30.4 Å². The van der Waals surface area contributed by atoms with Crippen LogP contribution >= 0.6 is 23.2 Å². The van der Waals surface area contributed by atoms with Gasteiger partial charge in [-0.1, -0.05) is 29.3 Å². The Bertz CT molecular complexity index is 717. The lowest BCUT2D eigenvalue weighted by Crippen LogP contribution is -2.26. The third-order valence-electron chi connectivity index (χ3n) is 4.06. The van der Waals surface area contributed by atoms with Gasteiger partial charge in [0.25, 0.3) is 5.91 Å². The Balaban J connectivity index is 1.65. The zero-order chi connectivity index (χ0) is 17.1. The molecule has 1 aliphatic rings. The highest BCUT2D eigenvalue weighted by molar-refractivity contribution is 6.39. The van der Waals surface area contributed by atoms with Crippen LogP contribution in [-0.2, 0) is 0 Å². The number of hydrogen-bond donors (Lipinski definition) is 3. The van der Waals surface area contributed by atoms with E-state index in [1.165, 1.54) is 0 Å². The van der Waals surface area contributed by atoms with Crippen LogP contribution in [0.25, 0.3) is 0 Å². The summed E-state index contributed by atoms with van der Waals surface area (Å²) in [6, 6.07) is 12.7. The lowest BCUT2D eigenvalue weighted by molar-refractivity contribution is 0.0706. The molecule has 1 unspecified atom stereocenters. The van der Waals surface area contributed by atoms with Crippen molar-refractivity contribution in [2.45, 2.75) is 12.5 Å². The molecule has 0 saturated carbocycles. The number of nitrogens with zero attached hydrogens (tertiary/aromatic N) is 1. The zero-order valence-corrected chi connectivity index (χ0v) is 14.3. The first-order valence-corrected chi connectivity index (χ1v) is 8.34. The lowest BCUT2D eigenvalue weighted by Gasteiger charge is -2.22. The Morgan fingerprint density at radius 2 is 1.79 bits per heavy atom. The van der Waals surface area contributed by atoms with Crippen molar-refractivity contribution < 1.29 is 10.0 Å². The molecule has 1 saturated heterocycles. The van der Waals surface area contributed by atoms with Crippen molar-refractivity contribution in [1.29, 1.82) is 0 Å². The van der Waals surface area contributed by atoms with E-state index in [1.54, 1.807) is 17.6 Å². The van der Waals surface area contributed by atoms with Crippen molar-refractivity contribution in [2.75, 3.05) is 23.3 Å². The van der Waals surface area contributed by atoms with Crippen LogP contribution in [0.4, 0.5) is 11.4 Å². The molecule has 1 atom stereocenters. The summed E-state index contributed by atoms with van der Waals surface area (Å²) in [5.74, 6) is -0.526. The molecule has 3 N–H and O–H groups in total. The number of hydroxylamine groups is 1. The van der Waals surface area contributed by atoms with Crippen LogP contribution in [0, 0.1) is 0 Å². The summed E-state index contributed by atoms with van der Waals surface area (Å²) in [4.78, 5) is 13.5. The van der Waals surface area contributed by atoms with Gasteiger partial charge in [-0.05, 0) is 42.8 Å². The van der Waals surface area contributed by atoms with E-state index in [1.807, 2.05) is 30.3 Å². The molecule has 1 aliphatic heterocycles. The molecule has 2 aromatic rings. The summed E-state index contributed by atoms with van der Waals surface area (Å²) >= 11 is 12.5. The highest BCUT2D eigenvalue weighted by Gasteiger charge is 2.25. The van der Waals surface area contributed by atoms with E-state index >= 15 is 0 Å². The molecule has 3 rings (SSSR count). The Kier molecular flexibility index (Phi) is 5.14. The number of para-hydroxylation sites is 1. The van der Waals surface area contributed by atoms with Crippen LogP contribution in [0.1, 0.15) is 16.8 Å². The Morgan fingerprint density at radius 1 is 1.12 bits per heavy atom. The van der Waals surface area contributed by atoms with Crippen LogP contribution in [0.3, 0.4) is 0 Å². The number of hydrogen-bond acceptors (Lipinski definition) is 4. The van der Waals surface area contributed by atoms with Crippen LogP contribution in [0.5, 0.6) is 0 Å². The summed E-state index contributed by atoms with van der Waals surface area (Å²) in [5, 5.41) is 13.4. The fraction of sp³-hybridized carbons (Fsp3) is 0.235. The minimum Gasteiger partial charge on any atom is -0.380 e. The summed E-state index contributed by atoms with van der Waals surface area (Å²) in [6.45, 7) is 1.66. The highest BCUT2D eigenvalue weighted by atomic mass is 35.5. The second-order valence-corrected chi connectivity index (χ2v) is 6.48. The van der Waals surface area contributed by atoms with Gasteiger partial charge in [0.2, 0.25) is 0 Å². The fourth-order valence-electron chi connectivity index (χ4n) is 2.89. The molecular formula is C17H17Cl2N3O2. The zero-order valence-electron chi connectivity index (χ0n) is 12.8. The van der Waals surface area contributed by atoms with Gasteiger partial charge in [0.1, 0.15) is 0 Å². The fourth-order valence-corrected chi connectivity index (χ4v) is 3.53. The number of carbonyl (C=O) groups excluding carboxylic acids is 1. The van der Waals surface area contributed by atoms with Crippen LogP contribution in [0.15, 0.2) is 42.5 Å². The standard InChI is InChI=1S/C17H17Cl2N3O2/c18-14-2-1-3-15(19)16(14)22-9-8-13(10-22)20-12-6-4-11(5-7-12)17(23)21-24/h1-7,13,20,24H,8-10H2,(H,21,23). The van der Waals surface area contributed by atoms with Crippen molar-refractivity contribution in [3.05, 3.63) is 58.1 Å². The topological polar surface area (TPSA) is 64.6 Å². The normalized spacial score (nSPS) is 17.0. The molecule has 5 nitrogen and oxygen atoms in total. The van der Waals surface area contributed by atoms with E-state index in [-0.39, 0.29) is 6.04 Å². The van der Waals surface area contributed by atoms with Crippen molar-refractivity contribution >= 4 is 40.5 Å². The Labute approximate surface area is 150 Å². The largest absolute Gasteiger partial charge is 0.380 e. The van der Waals surface area contributed by atoms with Crippen LogP contribution in [-0.4, -0.2) is 30.2 Å². The number of carbonyl (C=O) groups is 1. The molecule has 2 aromatic carbocycles. The predicted molar refractivity (Wildman–Crippen MR) is 96.4 cm³/mol. The number of amides is 1. The molecule has 0 bridgehead atoms. The van der Waals surface area contributed by atoms with Crippen molar-refractivity contribution in [3.63, 3.8) is 0 Å². The van der Waals surface area contributed by atoms with Gasteiger partial charge in [-0.25, -0.2) is 5.48 Å². The predicted octanol–water partition coefficient (Wildman–Crippen LogP) is 3.80. The molecule has 1 amide bonds. The van der Waals surface area contributed by atoms with Gasteiger partial charge in [0.05, 0.1) is 15.7 Å². The van der Waals surface area contributed by atoms with Crippen molar-refractivity contribution in [2.24, 2.45) is 0 Å². The SMILES string of the molecule is O=C(NO)c1ccc(NC2CCN(c3c(Cl)cccc3Cl)C2)cc1. The van der Waals surface area contributed by atoms with Crippen LogP contribution in [0.2, 0.25) is 10.0 Å². The third-order valence-corrected chi connectivity index (χ3v) is 4.67. The van der Waals surface area contributed by atoms with E-state index in [0.717, 1.165) is 30.9 Å². The Hall–Kier alpha value is -1.95. The molecule has 7 heteroatoms. The first-order chi connectivity index (χ1) is 11.6. The monoisotopic (exact) mass is 365 g/mol. The maximum atomic E-state index is 11.3. The van der Waals surface area contributed by atoms with E-state index in [2.05, 4.69) is 10.2 Å². The number of nitrogens with one attached hydrogen (secondary N) is 2. The van der Waals surface area contributed by atoms with Gasteiger partial charge in [0.15, 0.2) is 0 Å². The van der Waals surface area contributed by atoms with Gasteiger partial charge in [-0.15, -0.1) is 0 Å². The molecule has 1 heterocycles. The molecule has 1 fully saturated rings. The average molecular weight is 366 g/mol. The molecule has 0 aliphatic carbocycles. The summed E-state index contributed by atoms with van der Waals surface area (Å²) in [5.41, 5.74) is 3.81.